The average Bonchev–Trinajstić information content (AvgIpc) is 2.37. The lowest BCUT2D eigenvalue weighted by Gasteiger charge is -2.14. The van der Waals surface area contributed by atoms with Crippen molar-refractivity contribution in [2.45, 2.75) is 0 Å². The van der Waals surface area contributed by atoms with Gasteiger partial charge in [-0.25, -0.2) is 0 Å². The fraction of sp³-hybridized carbons (Fsp3) is 0.308. The second kappa shape index (κ2) is 7.21. The first kappa shape index (κ1) is 13.9. The minimum absolute atomic E-state index is 0.748. The van der Waals surface area contributed by atoms with Crippen LogP contribution >= 0.6 is 0 Å². The van der Waals surface area contributed by atoms with Crippen molar-refractivity contribution in [2.75, 3.05) is 38.4 Å². The van der Waals surface area contributed by atoms with Crippen LogP contribution in [0.25, 0.3) is 0 Å². The first-order valence-corrected chi connectivity index (χ1v) is 5.79. The Labute approximate surface area is 109 Å². The lowest BCUT2D eigenvalue weighted by atomic mass is 10.3. The van der Waals surface area contributed by atoms with Gasteiger partial charge in [0.1, 0.15) is 0 Å². The molecule has 18 heavy (non-hydrogen) atoms. The Morgan fingerprint density at radius 2 is 1.94 bits per heavy atom. The van der Waals surface area contributed by atoms with Gasteiger partial charge in [0.05, 0.1) is 12.2 Å². The van der Waals surface area contributed by atoms with Crippen LogP contribution in [0.2, 0.25) is 0 Å². The predicted molar refractivity (Wildman–Crippen MR) is 78.6 cm³/mol. The molecule has 0 amide bonds. The van der Waals surface area contributed by atoms with Crippen molar-refractivity contribution < 1.29 is 0 Å². The summed E-state index contributed by atoms with van der Waals surface area (Å²) in [6.07, 6.45) is 5.68. The fourth-order valence-corrected chi connectivity index (χ4v) is 1.31. The number of nitrogens with two attached hydrogens (primary N) is 1. The molecule has 5 heteroatoms. The number of anilines is 2. The number of rotatable bonds is 6. The van der Waals surface area contributed by atoms with E-state index in [1.807, 2.05) is 73.9 Å². The molecule has 0 unspecified atom stereocenters. The Balaban J connectivity index is 2.46. The van der Waals surface area contributed by atoms with Gasteiger partial charge in [-0.2, -0.15) is 5.10 Å². The molecule has 0 saturated carbocycles. The molecule has 0 bridgehead atoms. The van der Waals surface area contributed by atoms with Crippen LogP contribution in [0.15, 0.2) is 41.8 Å². The van der Waals surface area contributed by atoms with E-state index >= 15 is 0 Å². The van der Waals surface area contributed by atoms with E-state index in [4.69, 9.17) is 5.73 Å². The molecular weight excluding hydrogens is 226 g/mol. The summed E-state index contributed by atoms with van der Waals surface area (Å²) in [7, 11) is 5.77. The standard InChI is InChI=1S/C13H21N5/c1-15-8-10-17(2)11-9-16-18(3)13-6-4-12(14)5-7-13/h4-10,15H,11,14H2,1-3H3/b10-8-,16-9+. The number of nitrogens with zero attached hydrogens (tertiary/aromatic N) is 3. The van der Waals surface area contributed by atoms with Gasteiger partial charge in [-0.05, 0) is 24.3 Å². The monoisotopic (exact) mass is 247 g/mol. The molecule has 3 N–H and O–H groups in total. The molecule has 0 aliphatic rings. The minimum Gasteiger partial charge on any atom is -0.399 e. The van der Waals surface area contributed by atoms with Gasteiger partial charge in [0, 0.05) is 45.4 Å². The molecule has 0 aliphatic carbocycles. The smallest absolute Gasteiger partial charge is 0.0591 e. The topological polar surface area (TPSA) is 56.9 Å². The SMILES string of the molecule is CN/C=C\N(C)C/C=N/N(C)c1ccc(N)cc1. The molecule has 98 valence electrons. The largest absolute Gasteiger partial charge is 0.399 e. The third-order valence-electron chi connectivity index (χ3n) is 2.39. The summed E-state index contributed by atoms with van der Waals surface area (Å²) < 4.78 is 0. The Bertz CT molecular complexity index is 396. The zero-order chi connectivity index (χ0) is 13.4. The molecule has 5 nitrogen and oxygen atoms in total. The van der Waals surface area contributed by atoms with Crippen molar-refractivity contribution in [3.8, 4) is 0 Å². The summed E-state index contributed by atoms with van der Waals surface area (Å²) in [6, 6.07) is 7.61. The molecule has 1 aromatic rings. The van der Waals surface area contributed by atoms with Gasteiger partial charge in [-0.15, -0.1) is 0 Å². The Hall–Kier alpha value is -2.17. The number of hydrogen-bond acceptors (Lipinski definition) is 5. The van der Waals surface area contributed by atoms with Gasteiger partial charge >= 0.3 is 0 Å². The van der Waals surface area contributed by atoms with Gasteiger partial charge in [0.25, 0.3) is 0 Å². The zero-order valence-electron chi connectivity index (χ0n) is 11.2. The highest BCUT2D eigenvalue weighted by molar-refractivity contribution is 5.63. The maximum absolute atomic E-state index is 5.64. The van der Waals surface area contributed by atoms with E-state index in [0.717, 1.165) is 17.9 Å². The molecule has 0 spiro atoms. The van der Waals surface area contributed by atoms with Crippen LogP contribution in [0, 0.1) is 0 Å². The number of nitrogens with one attached hydrogen (secondary N) is 1. The molecule has 1 aromatic carbocycles. The molecular formula is C13H21N5. The molecule has 0 fully saturated rings. The zero-order valence-corrected chi connectivity index (χ0v) is 11.2. The third kappa shape index (κ3) is 4.78. The van der Waals surface area contributed by atoms with Crippen LogP contribution < -0.4 is 16.1 Å². The summed E-state index contributed by atoms with van der Waals surface area (Å²) in [6.45, 7) is 0.748. The van der Waals surface area contributed by atoms with Gasteiger partial charge < -0.3 is 16.0 Å². The van der Waals surface area contributed by atoms with Crippen LogP contribution in [0.4, 0.5) is 11.4 Å². The summed E-state index contributed by atoms with van der Waals surface area (Å²) in [5.41, 5.74) is 7.40. The maximum Gasteiger partial charge on any atom is 0.0591 e. The summed E-state index contributed by atoms with van der Waals surface area (Å²) in [4.78, 5) is 2.02. The van der Waals surface area contributed by atoms with Crippen LogP contribution in [-0.4, -0.2) is 38.8 Å². The molecule has 0 heterocycles. The van der Waals surface area contributed by atoms with Crippen molar-refractivity contribution >= 4 is 17.6 Å². The first-order chi connectivity index (χ1) is 8.63. The summed E-state index contributed by atoms with van der Waals surface area (Å²) in [5, 5.41) is 9.10. The van der Waals surface area contributed by atoms with Gasteiger partial charge in [-0.3, -0.25) is 5.01 Å². The van der Waals surface area contributed by atoms with Gasteiger partial charge in [-0.1, -0.05) is 0 Å². The maximum atomic E-state index is 5.64. The number of hydrazone groups is 1. The lowest BCUT2D eigenvalue weighted by molar-refractivity contribution is 0.525. The van der Waals surface area contributed by atoms with E-state index in [0.29, 0.717) is 0 Å². The minimum atomic E-state index is 0.748. The molecule has 0 saturated heterocycles. The van der Waals surface area contributed by atoms with E-state index in [1.165, 1.54) is 0 Å². The van der Waals surface area contributed by atoms with Crippen molar-refractivity contribution in [1.82, 2.24) is 10.2 Å². The molecule has 1 rings (SSSR count). The van der Waals surface area contributed by atoms with Crippen LogP contribution in [0.3, 0.4) is 0 Å². The Morgan fingerprint density at radius 3 is 2.56 bits per heavy atom. The van der Waals surface area contributed by atoms with Crippen molar-refractivity contribution in [3.05, 3.63) is 36.7 Å². The summed E-state index contributed by atoms with van der Waals surface area (Å²) in [5.74, 6) is 0. The van der Waals surface area contributed by atoms with Gasteiger partial charge in [0.2, 0.25) is 0 Å². The van der Waals surface area contributed by atoms with E-state index in [2.05, 4.69) is 10.4 Å². The van der Waals surface area contributed by atoms with Crippen LogP contribution in [0.1, 0.15) is 0 Å². The number of benzene rings is 1. The average molecular weight is 247 g/mol. The van der Waals surface area contributed by atoms with Crippen molar-refractivity contribution in [3.63, 3.8) is 0 Å². The van der Waals surface area contributed by atoms with Crippen LogP contribution in [0.5, 0.6) is 0 Å². The van der Waals surface area contributed by atoms with E-state index in [1.54, 1.807) is 0 Å². The number of nitrogen functional groups attached to an aromatic ring is 1. The van der Waals surface area contributed by atoms with E-state index in [-0.39, 0.29) is 0 Å². The lowest BCUT2D eigenvalue weighted by Crippen LogP contribution is -2.17. The third-order valence-corrected chi connectivity index (χ3v) is 2.39. The van der Waals surface area contributed by atoms with Crippen molar-refractivity contribution in [1.29, 1.82) is 0 Å². The van der Waals surface area contributed by atoms with E-state index in [9.17, 15) is 0 Å². The second-order valence-electron chi connectivity index (χ2n) is 3.96. The van der Waals surface area contributed by atoms with Gasteiger partial charge in [0.15, 0.2) is 0 Å². The molecule has 0 radical (unpaired) electrons. The predicted octanol–water partition coefficient (Wildman–Crippen LogP) is 1.31. The van der Waals surface area contributed by atoms with Crippen molar-refractivity contribution in [2.24, 2.45) is 5.10 Å². The molecule has 0 atom stereocenters. The second-order valence-corrected chi connectivity index (χ2v) is 3.96. The molecule has 0 aromatic heterocycles. The van der Waals surface area contributed by atoms with E-state index < -0.39 is 0 Å². The highest BCUT2D eigenvalue weighted by atomic mass is 15.4. The highest BCUT2D eigenvalue weighted by Gasteiger charge is 1.96. The quantitative estimate of drug-likeness (QED) is 0.452. The highest BCUT2D eigenvalue weighted by Crippen LogP contribution is 2.14. The Morgan fingerprint density at radius 1 is 1.28 bits per heavy atom. The fourth-order valence-electron chi connectivity index (χ4n) is 1.31. The van der Waals surface area contributed by atoms with Crippen LogP contribution in [-0.2, 0) is 0 Å². The summed E-state index contributed by atoms with van der Waals surface area (Å²) >= 11 is 0. The number of hydrogen-bond donors (Lipinski definition) is 2. The first-order valence-electron chi connectivity index (χ1n) is 5.79. The Kier molecular flexibility index (Phi) is 5.57. The normalized spacial score (nSPS) is 11.1. The molecule has 0 aliphatic heterocycles.